The number of nitrogens with one attached hydrogen (secondary N) is 3. The lowest BCUT2D eigenvalue weighted by Gasteiger charge is -2.07. The maximum absolute atomic E-state index is 13.9. The van der Waals surface area contributed by atoms with Gasteiger partial charge in [0.25, 0.3) is 0 Å². The molecule has 12 aromatic rings. The molecule has 0 radical (unpaired) electrons. The first kappa shape index (κ1) is 58.8. The van der Waals surface area contributed by atoms with Crippen LogP contribution >= 0.6 is 68.8 Å². The molecular formula is C54H51Cl3F3N21S3. The predicted molar refractivity (Wildman–Crippen MR) is 320 cm³/mol. The molecule has 0 saturated carbocycles. The second-order valence-electron chi connectivity index (χ2n) is 18.8. The average Bonchev–Trinajstić information content (AvgIpc) is 4.50. The fourth-order valence-corrected chi connectivity index (χ4v) is 11.1. The molecule has 9 aromatic heterocycles. The van der Waals surface area contributed by atoms with Gasteiger partial charge < -0.3 is 16.0 Å². The van der Waals surface area contributed by atoms with Gasteiger partial charge in [-0.25, -0.2) is 13.2 Å². The molecule has 0 spiro atoms. The molecule has 0 bridgehead atoms. The second-order valence-corrected chi connectivity index (χ2v) is 23.1. The van der Waals surface area contributed by atoms with Crippen molar-refractivity contribution in [3.8, 4) is 0 Å². The highest BCUT2D eigenvalue weighted by atomic mass is 35.5. The van der Waals surface area contributed by atoms with Crippen LogP contribution in [0.1, 0.15) is 87.7 Å². The number of hydrogen-bond donors (Lipinski definition) is 3. The van der Waals surface area contributed by atoms with Crippen LogP contribution in [-0.2, 0) is 19.6 Å². The van der Waals surface area contributed by atoms with E-state index in [0.717, 1.165) is 32.1 Å². The van der Waals surface area contributed by atoms with Crippen molar-refractivity contribution in [3.05, 3.63) is 209 Å². The monoisotopic (exact) mass is 1250 g/mol. The van der Waals surface area contributed by atoms with Crippen molar-refractivity contribution in [2.45, 2.75) is 79.3 Å². The minimum Gasteiger partial charge on any atom is -0.313 e. The van der Waals surface area contributed by atoms with E-state index in [4.69, 9.17) is 34.8 Å². The number of benzene rings is 3. The average molecular weight is 1250 g/mol. The molecule has 0 amide bonds. The van der Waals surface area contributed by atoms with Crippen molar-refractivity contribution in [2.24, 2.45) is 0 Å². The van der Waals surface area contributed by atoms with Crippen LogP contribution < -0.4 is 16.0 Å². The molecule has 0 aliphatic heterocycles. The Bertz CT molecular complexity index is 3660. The summed E-state index contributed by atoms with van der Waals surface area (Å²) in [6, 6.07) is 25.0. The molecule has 0 fully saturated rings. The minimum absolute atomic E-state index is 0.0116. The first-order chi connectivity index (χ1) is 40.5. The quantitative estimate of drug-likeness (QED) is 0.0727. The SMILES string of the molecule is Cc1ccn(C(C)c2nnc(Nc3ccn(Cc4c(F)cccc4Cl)n3)s2)n1.Cc1ccn([C@@H](C)c2nnc(Nc3ccn(Cc4c(F)cccc4Cl)n3)s2)n1.Cc1ccn([C@H](C)c2nnc(Nc3ccn(Cc4c(F)cccc4Cl)n3)s2)n1. The topological polar surface area (TPSA) is 220 Å². The van der Waals surface area contributed by atoms with Crippen molar-refractivity contribution < 1.29 is 13.2 Å². The highest BCUT2D eigenvalue weighted by Gasteiger charge is 2.20. The van der Waals surface area contributed by atoms with Crippen molar-refractivity contribution in [1.82, 2.24) is 89.3 Å². The number of halogens is 6. The third-order valence-electron chi connectivity index (χ3n) is 12.6. The Hall–Kier alpha value is -8.34. The van der Waals surface area contributed by atoms with Gasteiger partial charge in [-0.1, -0.05) is 87.0 Å². The summed E-state index contributed by atoms with van der Waals surface area (Å²) in [5.41, 5.74) is 4.07. The minimum atomic E-state index is -0.353. The fourth-order valence-electron chi connectivity index (χ4n) is 8.06. The zero-order chi connectivity index (χ0) is 59.0. The number of rotatable bonds is 18. The predicted octanol–water partition coefficient (Wildman–Crippen LogP) is 13.3. The van der Waals surface area contributed by atoms with E-state index in [2.05, 4.69) is 77.1 Å². The van der Waals surface area contributed by atoms with Gasteiger partial charge in [0.15, 0.2) is 17.5 Å². The second kappa shape index (κ2) is 26.5. The van der Waals surface area contributed by atoms with Gasteiger partial charge in [-0.2, -0.15) is 30.6 Å². The van der Waals surface area contributed by atoms with E-state index in [-0.39, 0.29) is 55.2 Å². The number of anilines is 6. The molecule has 21 nitrogen and oxygen atoms in total. The van der Waals surface area contributed by atoms with Gasteiger partial charge in [-0.15, -0.1) is 30.6 Å². The molecule has 432 valence electrons. The molecule has 30 heteroatoms. The van der Waals surface area contributed by atoms with E-state index in [1.54, 1.807) is 87.2 Å². The van der Waals surface area contributed by atoms with Crippen LogP contribution in [0.4, 0.5) is 46.0 Å². The van der Waals surface area contributed by atoms with Crippen molar-refractivity contribution in [2.75, 3.05) is 16.0 Å². The summed E-state index contributed by atoms with van der Waals surface area (Å²) < 4.78 is 52.2. The van der Waals surface area contributed by atoms with Crippen molar-refractivity contribution >= 4 is 102 Å². The molecule has 0 saturated heterocycles. The summed E-state index contributed by atoms with van der Waals surface area (Å²) >= 11 is 22.5. The molecule has 3 N–H and O–H groups in total. The van der Waals surface area contributed by atoms with Crippen molar-refractivity contribution in [1.29, 1.82) is 0 Å². The van der Waals surface area contributed by atoms with E-state index in [1.165, 1.54) is 52.2 Å². The first-order valence-electron chi connectivity index (χ1n) is 25.7. The molecule has 3 atom stereocenters. The molecule has 12 rings (SSSR count). The van der Waals surface area contributed by atoms with Gasteiger partial charge in [-0.05, 0) is 96.1 Å². The Morgan fingerprint density at radius 3 is 0.929 bits per heavy atom. The number of aryl methyl sites for hydroxylation is 3. The molecule has 0 aliphatic carbocycles. The van der Waals surface area contributed by atoms with Crippen LogP contribution in [0.15, 0.2) is 128 Å². The van der Waals surface area contributed by atoms with Crippen LogP contribution in [0, 0.1) is 38.2 Å². The molecule has 84 heavy (non-hydrogen) atoms. The van der Waals surface area contributed by atoms with Gasteiger partial charge >= 0.3 is 0 Å². The molecule has 0 aliphatic rings. The Labute approximate surface area is 505 Å². The molecule has 1 unspecified atom stereocenters. The van der Waals surface area contributed by atoms with Crippen LogP contribution in [0.5, 0.6) is 0 Å². The standard InChI is InChI=1S/3C18H17ClFN7S/c3*1-11-6-9-27(24-11)12(2)17-22-23-18(28-17)21-16-7-8-26(25-16)10-13-14(19)4-3-5-15(13)20/h3*3-9,12H,10H2,1-2H3,(H,21,23,25)/t2*12-;/m10./s1. The third-order valence-corrected chi connectivity index (χ3v) is 16.7. The summed E-state index contributed by atoms with van der Waals surface area (Å²) in [4.78, 5) is 0. The maximum atomic E-state index is 13.9. The summed E-state index contributed by atoms with van der Waals surface area (Å²) in [7, 11) is 0. The zero-order valence-electron chi connectivity index (χ0n) is 45.5. The Morgan fingerprint density at radius 1 is 0.393 bits per heavy atom. The lowest BCUT2D eigenvalue weighted by atomic mass is 10.2. The largest absolute Gasteiger partial charge is 0.313 e. The van der Waals surface area contributed by atoms with Crippen LogP contribution in [0.3, 0.4) is 0 Å². The smallest absolute Gasteiger partial charge is 0.211 e. The lowest BCUT2D eigenvalue weighted by molar-refractivity contribution is 0.554. The zero-order valence-corrected chi connectivity index (χ0v) is 50.2. The third kappa shape index (κ3) is 14.7. The normalized spacial score (nSPS) is 12.3. The maximum Gasteiger partial charge on any atom is 0.211 e. The van der Waals surface area contributed by atoms with Crippen LogP contribution in [-0.4, -0.2) is 89.3 Å². The van der Waals surface area contributed by atoms with Gasteiger partial charge in [0.05, 0.1) is 36.7 Å². The Kier molecular flexibility index (Phi) is 18.6. The summed E-state index contributed by atoms with van der Waals surface area (Å²) in [5.74, 6) is 0.727. The van der Waals surface area contributed by atoms with E-state index in [1.807, 2.05) is 92.4 Å². The van der Waals surface area contributed by atoms with E-state index < -0.39 is 0 Å². The van der Waals surface area contributed by atoms with Gasteiger partial charge in [0.2, 0.25) is 15.4 Å². The Morgan fingerprint density at radius 2 is 0.679 bits per heavy atom. The van der Waals surface area contributed by atoms with Crippen molar-refractivity contribution in [3.63, 3.8) is 0 Å². The van der Waals surface area contributed by atoms with Gasteiger partial charge in [-0.3, -0.25) is 28.1 Å². The van der Waals surface area contributed by atoms with E-state index in [9.17, 15) is 13.2 Å². The molecule has 9 heterocycles. The van der Waals surface area contributed by atoms with E-state index in [0.29, 0.717) is 64.6 Å². The molecular weight excluding hydrogens is 1200 g/mol. The number of aromatic nitrogens is 18. The van der Waals surface area contributed by atoms with Crippen LogP contribution in [0.2, 0.25) is 15.1 Å². The summed E-state index contributed by atoms with van der Waals surface area (Å²) in [5, 5.41) is 66.6. The highest BCUT2D eigenvalue weighted by Crippen LogP contribution is 2.30. The summed E-state index contributed by atoms with van der Waals surface area (Å²) in [6.45, 7) is 12.6. The van der Waals surface area contributed by atoms with E-state index >= 15 is 0 Å². The fraction of sp³-hybridized carbons (Fsp3) is 0.222. The van der Waals surface area contributed by atoms with Gasteiger partial charge in [0.1, 0.15) is 50.6 Å². The van der Waals surface area contributed by atoms with Crippen LogP contribution in [0.25, 0.3) is 0 Å². The Balaban J connectivity index is 0.000000140. The first-order valence-corrected chi connectivity index (χ1v) is 29.3. The van der Waals surface area contributed by atoms with Gasteiger partial charge in [0, 0.05) is 87.1 Å². The summed E-state index contributed by atoms with van der Waals surface area (Å²) in [6.07, 6.45) is 11.0. The lowest BCUT2D eigenvalue weighted by Crippen LogP contribution is -2.07. The number of nitrogens with zero attached hydrogens (tertiary/aromatic N) is 18. The highest BCUT2D eigenvalue weighted by molar-refractivity contribution is 7.16. The number of hydrogen-bond acceptors (Lipinski definition) is 18. The molecule has 3 aromatic carbocycles.